The molecule has 1 aromatic rings. The Kier molecular flexibility index (Phi) is 4.71. The average molecular weight is 241 g/mol. The Morgan fingerprint density at radius 3 is 2.65 bits per heavy atom. The van der Waals surface area contributed by atoms with Gasteiger partial charge in [-0.2, -0.15) is 0 Å². The number of aliphatic hydroxyl groups excluding tert-OH is 1. The van der Waals surface area contributed by atoms with Crippen molar-refractivity contribution in [2.24, 2.45) is 0 Å². The zero-order valence-electron chi connectivity index (χ0n) is 9.47. The fourth-order valence-electron chi connectivity index (χ4n) is 1.31. The summed E-state index contributed by atoms with van der Waals surface area (Å²) >= 11 is 0. The van der Waals surface area contributed by atoms with E-state index in [0.717, 1.165) is 0 Å². The van der Waals surface area contributed by atoms with Crippen LogP contribution in [0.4, 0.5) is 0 Å². The maximum Gasteiger partial charge on any atom is 0.326 e. The molecule has 6 heteroatoms. The third kappa shape index (κ3) is 3.60. The highest BCUT2D eigenvalue weighted by atomic mass is 16.4. The number of furan rings is 1. The largest absolute Gasteiger partial charge is 0.480 e. The molecule has 1 rings (SSSR count). The number of carbonyl (C=O) groups is 2. The van der Waals surface area contributed by atoms with Crippen molar-refractivity contribution in [2.45, 2.75) is 25.8 Å². The van der Waals surface area contributed by atoms with Gasteiger partial charge in [0, 0.05) is 19.4 Å². The number of carboxylic acids is 1. The fourth-order valence-corrected chi connectivity index (χ4v) is 1.31. The van der Waals surface area contributed by atoms with Crippen molar-refractivity contribution >= 4 is 11.9 Å². The normalized spacial score (nSPS) is 12.1. The van der Waals surface area contributed by atoms with E-state index in [-0.39, 0.29) is 18.8 Å². The second-order valence-electron chi connectivity index (χ2n) is 3.50. The lowest BCUT2D eigenvalue weighted by atomic mass is 10.2. The molecule has 0 saturated heterocycles. The van der Waals surface area contributed by atoms with E-state index in [1.165, 1.54) is 6.07 Å². The van der Waals surface area contributed by atoms with Crippen molar-refractivity contribution in [1.82, 2.24) is 5.32 Å². The third-order valence-corrected chi connectivity index (χ3v) is 2.26. The molecule has 1 aromatic heterocycles. The van der Waals surface area contributed by atoms with Gasteiger partial charge >= 0.3 is 5.97 Å². The van der Waals surface area contributed by atoms with Crippen molar-refractivity contribution in [1.29, 1.82) is 0 Å². The van der Waals surface area contributed by atoms with Crippen LogP contribution in [0.3, 0.4) is 0 Å². The summed E-state index contributed by atoms with van der Waals surface area (Å²) in [6.45, 7) is 1.57. The lowest BCUT2D eigenvalue weighted by Crippen LogP contribution is -2.41. The van der Waals surface area contributed by atoms with Gasteiger partial charge in [0.2, 0.25) is 0 Å². The van der Waals surface area contributed by atoms with Crippen LogP contribution in [0.5, 0.6) is 0 Å². The minimum atomic E-state index is -1.19. The van der Waals surface area contributed by atoms with Crippen LogP contribution < -0.4 is 5.32 Å². The average Bonchev–Trinajstić information content (AvgIpc) is 2.76. The highest BCUT2D eigenvalue weighted by Gasteiger charge is 2.21. The van der Waals surface area contributed by atoms with Crippen LogP contribution >= 0.6 is 0 Å². The summed E-state index contributed by atoms with van der Waals surface area (Å²) in [6, 6.07) is 2.05. The SMILES string of the molecule is CCc1ccc(C(=O)N[C@H](CCO)C(=O)O)o1. The number of hydrogen-bond donors (Lipinski definition) is 3. The molecule has 3 N–H and O–H groups in total. The lowest BCUT2D eigenvalue weighted by Gasteiger charge is -2.11. The van der Waals surface area contributed by atoms with Gasteiger partial charge in [0.25, 0.3) is 5.91 Å². The van der Waals surface area contributed by atoms with Crippen LogP contribution in [0.1, 0.15) is 29.7 Å². The standard InChI is InChI=1S/C11H15NO5/c1-2-7-3-4-9(17-7)10(14)12-8(5-6-13)11(15)16/h3-4,8,13H,2,5-6H2,1H3,(H,12,14)(H,15,16)/t8-/m1/s1. The van der Waals surface area contributed by atoms with E-state index in [4.69, 9.17) is 14.6 Å². The number of amides is 1. The number of rotatable bonds is 6. The molecule has 0 fully saturated rings. The van der Waals surface area contributed by atoms with Crippen LogP contribution in [-0.4, -0.2) is 34.7 Å². The van der Waals surface area contributed by atoms with Crippen molar-refractivity contribution in [3.05, 3.63) is 23.7 Å². The summed E-state index contributed by atoms with van der Waals surface area (Å²) < 4.78 is 5.19. The number of carboxylic acid groups (broad SMARTS) is 1. The first-order valence-electron chi connectivity index (χ1n) is 5.31. The molecule has 6 nitrogen and oxygen atoms in total. The van der Waals surface area contributed by atoms with Gasteiger partial charge in [-0.15, -0.1) is 0 Å². The van der Waals surface area contributed by atoms with E-state index in [9.17, 15) is 9.59 Å². The van der Waals surface area contributed by atoms with Crippen molar-refractivity contribution in [3.8, 4) is 0 Å². The van der Waals surface area contributed by atoms with Gasteiger partial charge in [-0.05, 0) is 12.1 Å². The van der Waals surface area contributed by atoms with Gasteiger partial charge in [0.05, 0.1) is 0 Å². The second-order valence-corrected chi connectivity index (χ2v) is 3.50. The number of hydrogen-bond acceptors (Lipinski definition) is 4. The molecule has 1 amide bonds. The molecular formula is C11H15NO5. The molecule has 0 aliphatic heterocycles. The van der Waals surface area contributed by atoms with Crippen LogP contribution in [0, 0.1) is 0 Å². The molecule has 0 aliphatic carbocycles. The van der Waals surface area contributed by atoms with Crippen molar-refractivity contribution in [2.75, 3.05) is 6.61 Å². The molecule has 0 bridgehead atoms. The second kappa shape index (κ2) is 6.05. The summed E-state index contributed by atoms with van der Waals surface area (Å²) in [4.78, 5) is 22.4. The minimum absolute atomic E-state index is 0.0393. The van der Waals surface area contributed by atoms with Crippen molar-refractivity contribution in [3.63, 3.8) is 0 Å². The Morgan fingerprint density at radius 1 is 1.47 bits per heavy atom. The van der Waals surface area contributed by atoms with E-state index in [0.29, 0.717) is 12.2 Å². The van der Waals surface area contributed by atoms with Crippen LogP contribution in [0.2, 0.25) is 0 Å². The Bertz CT molecular complexity index is 398. The molecule has 94 valence electrons. The molecule has 0 radical (unpaired) electrons. The van der Waals surface area contributed by atoms with Crippen LogP contribution in [0.25, 0.3) is 0 Å². The number of aliphatic carboxylic acids is 1. The Balaban J connectivity index is 2.66. The summed E-state index contributed by atoms with van der Waals surface area (Å²) in [7, 11) is 0. The molecule has 1 heterocycles. The predicted octanol–water partition coefficient (Wildman–Crippen LogP) is 0.407. The quantitative estimate of drug-likeness (QED) is 0.669. The number of nitrogens with one attached hydrogen (secondary N) is 1. The highest BCUT2D eigenvalue weighted by Crippen LogP contribution is 2.08. The first kappa shape index (κ1) is 13.2. The highest BCUT2D eigenvalue weighted by molar-refractivity contribution is 5.94. The molecule has 0 spiro atoms. The molecular weight excluding hydrogens is 226 g/mol. The number of carbonyl (C=O) groups excluding carboxylic acids is 1. The molecule has 0 aliphatic rings. The molecule has 0 unspecified atom stereocenters. The maximum absolute atomic E-state index is 11.6. The summed E-state index contributed by atoms with van der Waals surface area (Å²) in [5.74, 6) is -1.05. The van der Waals surface area contributed by atoms with Gasteiger partial charge in [-0.25, -0.2) is 4.79 Å². The first-order valence-corrected chi connectivity index (χ1v) is 5.31. The minimum Gasteiger partial charge on any atom is -0.480 e. The summed E-state index contributed by atoms with van der Waals surface area (Å²) in [5.41, 5.74) is 0. The van der Waals surface area contributed by atoms with Gasteiger partial charge < -0.3 is 19.9 Å². The topological polar surface area (TPSA) is 99.8 Å². The summed E-state index contributed by atoms with van der Waals surface area (Å²) in [6.07, 6.45) is 0.620. The van der Waals surface area contributed by atoms with E-state index in [1.54, 1.807) is 6.07 Å². The number of aryl methyl sites for hydroxylation is 1. The summed E-state index contributed by atoms with van der Waals surface area (Å²) in [5, 5.41) is 19.7. The first-order chi connectivity index (χ1) is 8.08. The van der Waals surface area contributed by atoms with Crippen LogP contribution in [0.15, 0.2) is 16.5 Å². The number of aliphatic hydroxyl groups is 1. The van der Waals surface area contributed by atoms with Gasteiger partial charge in [-0.1, -0.05) is 6.92 Å². The molecule has 0 aromatic carbocycles. The van der Waals surface area contributed by atoms with Gasteiger partial charge in [-0.3, -0.25) is 4.79 Å². The van der Waals surface area contributed by atoms with Crippen molar-refractivity contribution < 1.29 is 24.2 Å². The fraction of sp³-hybridized carbons (Fsp3) is 0.455. The molecule has 0 saturated carbocycles. The van der Waals surface area contributed by atoms with Crippen LogP contribution in [-0.2, 0) is 11.2 Å². The van der Waals surface area contributed by atoms with E-state index >= 15 is 0 Å². The van der Waals surface area contributed by atoms with E-state index in [2.05, 4.69) is 5.32 Å². The zero-order chi connectivity index (χ0) is 12.8. The smallest absolute Gasteiger partial charge is 0.326 e. The van der Waals surface area contributed by atoms with Gasteiger partial charge in [0.1, 0.15) is 11.8 Å². The van der Waals surface area contributed by atoms with E-state index < -0.39 is 17.9 Å². The third-order valence-electron chi connectivity index (χ3n) is 2.26. The lowest BCUT2D eigenvalue weighted by molar-refractivity contribution is -0.139. The van der Waals surface area contributed by atoms with E-state index in [1.807, 2.05) is 6.92 Å². The maximum atomic E-state index is 11.6. The molecule has 1 atom stereocenters. The Hall–Kier alpha value is -1.82. The zero-order valence-corrected chi connectivity index (χ0v) is 9.47. The Morgan fingerprint density at radius 2 is 2.18 bits per heavy atom. The molecule has 17 heavy (non-hydrogen) atoms. The Labute approximate surface area is 98.2 Å². The predicted molar refractivity (Wildman–Crippen MR) is 58.7 cm³/mol. The monoisotopic (exact) mass is 241 g/mol. The van der Waals surface area contributed by atoms with Gasteiger partial charge in [0.15, 0.2) is 5.76 Å².